The summed E-state index contributed by atoms with van der Waals surface area (Å²) in [6.07, 6.45) is 3.15. The first kappa shape index (κ1) is 17.2. The van der Waals surface area contributed by atoms with Gasteiger partial charge in [0, 0.05) is 25.8 Å². The molecule has 1 aliphatic rings. The lowest BCUT2D eigenvalue weighted by Crippen LogP contribution is -2.22. The number of ether oxygens (including phenoxy) is 1. The lowest BCUT2D eigenvalue weighted by molar-refractivity contribution is 0.399. The summed E-state index contributed by atoms with van der Waals surface area (Å²) in [5.41, 5.74) is 5.48. The fourth-order valence-corrected chi connectivity index (χ4v) is 3.21. The van der Waals surface area contributed by atoms with Crippen LogP contribution in [0.2, 0.25) is 0 Å². The summed E-state index contributed by atoms with van der Waals surface area (Å²) in [4.78, 5) is 4.56. The normalized spacial score (nSPS) is 17.9. The van der Waals surface area contributed by atoms with Crippen molar-refractivity contribution in [3.05, 3.63) is 65.2 Å². The van der Waals surface area contributed by atoms with Gasteiger partial charge in [0.2, 0.25) is 0 Å². The van der Waals surface area contributed by atoms with E-state index in [0.29, 0.717) is 5.92 Å². The van der Waals surface area contributed by atoms with E-state index in [4.69, 9.17) is 9.84 Å². The van der Waals surface area contributed by atoms with Crippen LogP contribution in [0.4, 0.5) is 0 Å². The molecule has 0 radical (unpaired) electrons. The van der Waals surface area contributed by atoms with E-state index in [2.05, 4.69) is 53.5 Å². The number of aliphatic hydroxyl groups is 1. The Morgan fingerprint density at radius 1 is 1.09 bits per heavy atom. The van der Waals surface area contributed by atoms with Crippen molar-refractivity contribution in [1.82, 2.24) is 0 Å². The molecule has 23 heavy (non-hydrogen) atoms. The van der Waals surface area contributed by atoms with Crippen molar-refractivity contribution in [2.24, 2.45) is 4.99 Å². The molecule has 1 aliphatic carbocycles. The minimum absolute atomic E-state index is 0.372. The molecule has 3 heteroatoms. The van der Waals surface area contributed by atoms with E-state index in [1.807, 2.05) is 7.05 Å². The van der Waals surface area contributed by atoms with Gasteiger partial charge in [0.05, 0.1) is 7.11 Å². The molecule has 0 aromatic heterocycles. The molecule has 0 amide bonds. The van der Waals surface area contributed by atoms with Crippen LogP contribution in [0.5, 0.6) is 5.75 Å². The number of hydrogen-bond donors (Lipinski definition) is 1. The second-order valence-electron chi connectivity index (χ2n) is 5.52. The van der Waals surface area contributed by atoms with Gasteiger partial charge in [0.1, 0.15) is 5.75 Å². The van der Waals surface area contributed by atoms with Gasteiger partial charge >= 0.3 is 0 Å². The number of rotatable bonds is 3. The van der Waals surface area contributed by atoms with E-state index in [1.165, 1.54) is 22.4 Å². The monoisotopic (exact) mass is 311 g/mol. The topological polar surface area (TPSA) is 41.8 Å². The zero-order valence-corrected chi connectivity index (χ0v) is 14.1. The van der Waals surface area contributed by atoms with Crippen LogP contribution in [-0.2, 0) is 12.8 Å². The lowest BCUT2D eigenvalue weighted by atomic mass is 9.78. The highest BCUT2D eigenvalue weighted by molar-refractivity contribution is 5.93. The van der Waals surface area contributed by atoms with Gasteiger partial charge in [-0.25, -0.2) is 0 Å². The lowest BCUT2D eigenvalue weighted by Gasteiger charge is -2.28. The first-order chi connectivity index (χ1) is 11.3. The second kappa shape index (κ2) is 8.49. The number of aryl methyl sites for hydroxylation is 1. The number of aliphatic hydroxyl groups excluding tert-OH is 1. The summed E-state index contributed by atoms with van der Waals surface area (Å²) in [6.45, 7) is 0. The molecule has 1 unspecified atom stereocenters. The Hall–Kier alpha value is -2.13. The predicted molar refractivity (Wildman–Crippen MR) is 95.7 cm³/mol. The standard InChI is InChI=1S/C19H21NO.CH4O/c1-20-19-11-9-15-8-10-16(21-2)13-17(15)18(19)12-14-6-4-3-5-7-14;1-2/h3-8,10,13,18H,9,11-12H2,1-2H3;2H,1H3. The molecule has 1 N–H and O–H groups in total. The third-order valence-corrected chi connectivity index (χ3v) is 4.35. The van der Waals surface area contributed by atoms with E-state index in [9.17, 15) is 0 Å². The van der Waals surface area contributed by atoms with Gasteiger partial charge in [0.25, 0.3) is 0 Å². The molecule has 122 valence electrons. The predicted octanol–water partition coefficient (Wildman–Crippen LogP) is 3.65. The number of methoxy groups -OCH3 is 1. The SMILES string of the molecule is CN=C1CCc2ccc(OC)cc2C1Cc1ccccc1.CO. The van der Waals surface area contributed by atoms with E-state index in [-0.39, 0.29) is 0 Å². The third-order valence-electron chi connectivity index (χ3n) is 4.35. The van der Waals surface area contributed by atoms with Crippen molar-refractivity contribution in [2.75, 3.05) is 21.3 Å². The highest BCUT2D eigenvalue weighted by Gasteiger charge is 2.26. The van der Waals surface area contributed by atoms with Crippen LogP contribution in [0.1, 0.15) is 29.0 Å². The second-order valence-corrected chi connectivity index (χ2v) is 5.52. The first-order valence-corrected chi connectivity index (χ1v) is 7.93. The summed E-state index contributed by atoms with van der Waals surface area (Å²) in [5, 5.41) is 7.00. The maximum atomic E-state index is 7.00. The molecule has 3 rings (SSSR count). The Labute approximate surface area is 138 Å². The van der Waals surface area contributed by atoms with Crippen LogP contribution in [0.25, 0.3) is 0 Å². The minimum Gasteiger partial charge on any atom is -0.497 e. The smallest absolute Gasteiger partial charge is 0.119 e. The highest BCUT2D eigenvalue weighted by Crippen LogP contribution is 2.34. The third kappa shape index (κ3) is 3.99. The highest BCUT2D eigenvalue weighted by atomic mass is 16.5. The molecular formula is C20H25NO2. The molecule has 1 atom stereocenters. The summed E-state index contributed by atoms with van der Waals surface area (Å²) < 4.78 is 5.41. The molecule has 0 heterocycles. The molecule has 0 saturated heterocycles. The molecule has 0 saturated carbocycles. The van der Waals surface area contributed by atoms with E-state index in [0.717, 1.165) is 32.1 Å². The molecule has 0 spiro atoms. The number of aliphatic imine (C=N–C) groups is 1. The Bertz CT molecular complexity index is 650. The van der Waals surface area contributed by atoms with Gasteiger partial charge in [-0.1, -0.05) is 36.4 Å². The largest absolute Gasteiger partial charge is 0.497 e. The van der Waals surface area contributed by atoms with Gasteiger partial charge in [-0.05, 0) is 48.1 Å². The zero-order valence-electron chi connectivity index (χ0n) is 14.1. The molecule has 2 aromatic carbocycles. The number of nitrogens with zero attached hydrogens (tertiary/aromatic N) is 1. The van der Waals surface area contributed by atoms with Crippen LogP contribution in [0.15, 0.2) is 53.5 Å². The van der Waals surface area contributed by atoms with Gasteiger partial charge in [0.15, 0.2) is 0 Å². The van der Waals surface area contributed by atoms with Crippen molar-refractivity contribution >= 4 is 5.71 Å². The van der Waals surface area contributed by atoms with Gasteiger partial charge in [-0.15, -0.1) is 0 Å². The number of hydrogen-bond acceptors (Lipinski definition) is 3. The zero-order chi connectivity index (χ0) is 16.7. The fraction of sp³-hybridized carbons (Fsp3) is 0.350. The average molecular weight is 311 g/mol. The van der Waals surface area contributed by atoms with E-state index < -0.39 is 0 Å². The molecule has 0 fully saturated rings. The van der Waals surface area contributed by atoms with Crippen molar-refractivity contribution in [3.8, 4) is 5.75 Å². The van der Waals surface area contributed by atoms with Crippen LogP contribution in [0, 0.1) is 0 Å². The Morgan fingerprint density at radius 2 is 1.83 bits per heavy atom. The van der Waals surface area contributed by atoms with Crippen molar-refractivity contribution in [3.63, 3.8) is 0 Å². The molecule has 0 bridgehead atoms. The Balaban J connectivity index is 0.000000924. The molecule has 2 aromatic rings. The summed E-state index contributed by atoms with van der Waals surface area (Å²) in [6, 6.07) is 17.1. The molecular weight excluding hydrogens is 286 g/mol. The van der Waals surface area contributed by atoms with Gasteiger partial charge in [-0.3, -0.25) is 4.99 Å². The number of fused-ring (bicyclic) bond motifs is 1. The van der Waals surface area contributed by atoms with Crippen molar-refractivity contribution in [1.29, 1.82) is 0 Å². The van der Waals surface area contributed by atoms with Crippen LogP contribution >= 0.6 is 0 Å². The number of benzene rings is 2. The quantitative estimate of drug-likeness (QED) is 0.940. The van der Waals surface area contributed by atoms with Crippen LogP contribution in [0.3, 0.4) is 0 Å². The molecule has 0 aliphatic heterocycles. The summed E-state index contributed by atoms with van der Waals surface area (Å²) in [7, 11) is 4.64. The van der Waals surface area contributed by atoms with Crippen molar-refractivity contribution < 1.29 is 9.84 Å². The maximum Gasteiger partial charge on any atom is 0.119 e. The minimum atomic E-state index is 0.372. The summed E-state index contributed by atoms with van der Waals surface area (Å²) >= 11 is 0. The van der Waals surface area contributed by atoms with E-state index >= 15 is 0 Å². The van der Waals surface area contributed by atoms with Crippen LogP contribution < -0.4 is 4.74 Å². The Kier molecular flexibility index (Phi) is 6.36. The first-order valence-electron chi connectivity index (χ1n) is 7.93. The maximum absolute atomic E-state index is 7.00. The van der Waals surface area contributed by atoms with Crippen molar-refractivity contribution in [2.45, 2.75) is 25.2 Å². The van der Waals surface area contributed by atoms with Gasteiger partial charge in [-0.2, -0.15) is 0 Å². The average Bonchev–Trinajstić information content (AvgIpc) is 2.64. The van der Waals surface area contributed by atoms with E-state index in [1.54, 1.807) is 7.11 Å². The molecule has 3 nitrogen and oxygen atoms in total. The van der Waals surface area contributed by atoms with Gasteiger partial charge < -0.3 is 9.84 Å². The summed E-state index contributed by atoms with van der Waals surface area (Å²) in [5.74, 6) is 1.31. The Morgan fingerprint density at radius 3 is 2.48 bits per heavy atom. The fourth-order valence-electron chi connectivity index (χ4n) is 3.21. The van der Waals surface area contributed by atoms with Crippen LogP contribution in [-0.4, -0.2) is 32.1 Å².